The Hall–Kier alpha value is -1.92. The molecular formula is C15H25NO6. The molecule has 7 nitrogen and oxygen atoms in total. The topological polar surface area (TPSA) is 98.8 Å². The number of Topliss-reactive ketones (excluding diaryl/α,β-unsaturated/α-hetero) is 1. The van der Waals surface area contributed by atoms with Crippen LogP contribution in [0.5, 0.6) is 0 Å². The van der Waals surface area contributed by atoms with Crippen LogP contribution in [0.4, 0.5) is 0 Å². The number of esters is 2. The zero-order valence-corrected chi connectivity index (χ0v) is 13.6. The molecule has 0 fully saturated rings. The van der Waals surface area contributed by atoms with Gasteiger partial charge in [0.25, 0.3) is 5.91 Å². The van der Waals surface area contributed by atoms with Crippen LogP contribution in [0, 0.1) is 11.8 Å². The van der Waals surface area contributed by atoms with E-state index < -0.39 is 11.7 Å². The van der Waals surface area contributed by atoms with E-state index in [-0.39, 0.29) is 50.0 Å². The average molecular weight is 315 g/mol. The van der Waals surface area contributed by atoms with Gasteiger partial charge >= 0.3 is 11.9 Å². The molecule has 0 unspecified atom stereocenters. The molecule has 22 heavy (non-hydrogen) atoms. The first kappa shape index (κ1) is 20.1. The highest BCUT2D eigenvalue weighted by molar-refractivity contribution is 6.36. The fourth-order valence-electron chi connectivity index (χ4n) is 1.27. The molecule has 0 saturated heterocycles. The summed E-state index contributed by atoms with van der Waals surface area (Å²) in [6.45, 7) is 7.07. The number of nitrogens with one attached hydrogen (secondary N) is 1. The molecule has 1 amide bonds. The molecule has 0 rings (SSSR count). The number of hydrogen-bond acceptors (Lipinski definition) is 6. The Morgan fingerprint density at radius 2 is 1.36 bits per heavy atom. The number of hydrogen-bond donors (Lipinski definition) is 1. The average Bonchev–Trinajstić information content (AvgIpc) is 2.46. The van der Waals surface area contributed by atoms with Crippen molar-refractivity contribution in [2.24, 2.45) is 11.8 Å². The van der Waals surface area contributed by atoms with Gasteiger partial charge in [-0.3, -0.25) is 19.2 Å². The Balaban J connectivity index is 3.74. The van der Waals surface area contributed by atoms with E-state index in [1.165, 1.54) is 0 Å². The van der Waals surface area contributed by atoms with Gasteiger partial charge in [-0.25, -0.2) is 0 Å². The Bertz CT molecular complexity index is 365. The van der Waals surface area contributed by atoms with Crippen LogP contribution in [0.3, 0.4) is 0 Å². The molecule has 0 heterocycles. The molecule has 0 atom stereocenters. The van der Waals surface area contributed by atoms with Crippen molar-refractivity contribution in [2.45, 2.75) is 40.5 Å². The lowest BCUT2D eigenvalue weighted by Crippen LogP contribution is -2.34. The second-order valence-electron chi connectivity index (χ2n) is 5.43. The van der Waals surface area contributed by atoms with Crippen LogP contribution < -0.4 is 5.32 Å². The molecule has 0 aliphatic rings. The van der Waals surface area contributed by atoms with Crippen LogP contribution in [0.25, 0.3) is 0 Å². The van der Waals surface area contributed by atoms with Crippen molar-refractivity contribution < 1.29 is 28.7 Å². The maximum atomic E-state index is 11.5. The number of ether oxygens (including phenoxy) is 2. The molecule has 0 aliphatic heterocycles. The zero-order chi connectivity index (χ0) is 17.1. The molecule has 1 N–H and O–H groups in total. The summed E-state index contributed by atoms with van der Waals surface area (Å²) in [5.74, 6) is -2.44. The zero-order valence-electron chi connectivity index (χ0n) is 13.6. The minimum atomic E-state index is -0.726. The van der Waals surface area contributed by atoms with Crippen LogP contribution in [0.1, 0.15) is 40.5 Å². The molecule has 0 aliphatic carbocycles. The second-order valence-corrected chi connectivity index (χ2v) is 5.43. The lowest BCUT2D eigenvalue weighted by Gasteiger charge is -2.08. The fourth-order valence-corrected chi connectivity index (χ4v) is 1.27. The first-order valence-electron chi connectivity index (χ1n) is 7.40. The van der Waals surface area contributed by atoms with E-state index in [2.05, 4.69) is 5.32 Å². The predicted molar refractivity (Wildman–Crippen MR) is 78.8 cm³/mol. The normalized spacial score (nSPS) is 10.5. The smallest absolute Gasteiger partial charge is 0.308 e. The van der Waals surface area contributed by atoms with E-state index in [0.29, 0.717) is 6.42 Å². The number of amides is 1. The third-order valence-corrected chi connectivity index (χ3v) is 2.62. The van der Waals surface area contributed by atoms with Gasteiger partial charge < -0.3 is 14.8 Å². The summed E-state index contributed by atoms with van der Waals surface area (Å²) in [4.78, 5) is 45.3. The van der Waals surface area contributed by atoms with E-state index in [1.54, 1.807) is 27.7 Å². The largest absolute Gasteiger partial charge is 0.465 e. The van der Waals surface area contributed by atoms with Gasteiger partial charge in [0.15, 0.2) is 0 Å². The first-order chi connectivity index (χ1) is 10.3. The Labute approximate surface area is 130 Å². The fraction of sp³-hybridized carbons (Fsp3) is 0.733. The van der Waals surface area contributed by atoms with E-state index in [1.807, 2.05) is 0 Å². The summed E-state index contributed by atoms with van der Waals surface area (Å²) in [6.07, 6.45) is 0.302. The van der Waals surface area contributed by atoms with Gasteiger partial charge in [0.1, 0.15) is 6.61 Å². The summed E-state index contributed by atoms with van der Waals surface area (Å²) in [6, 6.07) is 0. The summed E-state index contributed by atoms with van der Waals surface area (Å²) >= 11 is 0. The summed E-state index contributed by atoms with van der Waals surface area (Å²) in [5, 5.41) is 2.37. The number of carbonyl (C=O) groups excluding carboxylic acids is 4. The summed E-state index contributed by atoms with van der Waals surface area (Å²) in [7, 11) is 0. The van der Waals surface area contributed by atoms with Crippen LogP contribution >= 0.6 is 0 Å². The van der Waals surface area contributed by atoms with Crippen LogP contribution in [0.15, 0.2) is 0 Å². The quantitative estimate of drug-likeness (QED) is 0.364. The lowest BCUT2D eigenvalue weighted by molar-refractivity contribution is -0.148. The third-order valence-electron chi connectivity index (χ3n) is 2.62. The van der Waals surface area contributed by atoms with Crippen molar-refractivity contribution in [1.29, 1.82) is 0 Å². The van der Waals surface area contributed by atoms with Gasteiger partial charge in [-0.05, 0) is 6.42 Å². The Morgan fingerprint density at radius 1 is 0.864 bits per heavy atom. The SMILES string of the molecule is CC(C)C(=O)OCCCC(=O)C(=O)NCCOC(=O)C(C)C. The molecule has 0 radical (unpaired) electrons. The van der Waals surface area contributed by atoms with E-state index in [0.717, 1.165) is 0 Å². The van der Waals surface area contributed by atoms with Crippen molar-refractivity contribution in [3.63, 3.8) is 0 Å². The van der Waals surface area contributed by atoms with Crippen molar-refractivity contribution >= 4 is 23.6 Å². The minimum absolute atomic E-state index is 0.00297. The van der Waals surface area contributed by atoms with Crippen LogP contribution in [-0.4, -0.2) is 43.4 Å². The molecule has 0 bridgehead atoms. The van der Waals surface area contributed by atoms with Crippen molar-refractivity contribution in [3.05, 3.63) is 0 Å². The van der Waals surface area contributed by atoms with E-state index in [4.69, 9.17) is 9.47 Å². The molecule has 0 spiro atoms. The minimum Gasteiger partial charge on any atom is -0.465 e. The molecular weight excluding hydrogens is 290 g/mol. The molecule has 126 valence electrons. The third kappa shape index (κ3) is 9.10. The van der Waals surface area contributed by atoms with Gasteiger partial charge in [-0.15, -0.1) is 0 Å². The highest BCUT2D eigenvalue weighted by Gasteiger charge is 2.14. The summed E-state index contributed by atoms with van der Waals surface area (Å²) in [5.41, 5.74) is 0. The maximum absolute atomic E-state index is 11.5. The second kappa shape index (κ2) is 10.8. The van der Waals surface area contributed by atoms with Crippen molar-refractivity contribution in [2.75, 3.05) is 19.8 Å². The molecule has 0 aromatic heterocycles. The van der Waals surface area contributed by atoms with Crippen LogP contribution in [-0.2, 0) is 28.7 Å². The van der Waals surface area contributed by atoms with E-state index >= 15 is 0 Å². The number of ketones is 1. The predicted octanol–water partition coefficient (Wildman–Crippen LogP) is 0.850. The first-order valence-corrected chi connectivity index (χ1v) is 7.40. The van der Waals surface area contributed by atoms with Gasteiger partial charge in [0.05, 0.1) is 25.0 Å². The van der Waals surface area contributed by atoms with Gasteiger partial charge in [-0.1, -0.05) is 27.7 Å². The van der Waals surface area contributed by atoms with E-state index in [9.17, 15) is 19.2 Å². The molecule has 0 aromatic carbocycles. The lowest BCUT2D eigenvalue weighted by atomic mass is 10.2. The summed E-state index contributed by atoms with van der Waals surface area (Å²) < 4.78 is 9.76. The maximum Gasteiger partial charge on any atom is 0.308 e. The van der Waals surface area contributed by atoms with Crippen molar-refractivity contribution in [1.82, 2.24) is 5.32 Å². The number of rotatable bonds is 10. The van der Waals surface area contributed by atoms with Gasteiger partial charge in [-0.2, -0.15) is 0 Å². The van der Waals surface area contributed by atoms with Gasteiger partial charge in [0, 0.05) is 6.42 Å². The monoisotopic (exact) mass is 315 g/mol. The molecule has 0 aromatic rings. The molecule has 0 saturated carbocycles. The highest BCUT2D eigenvalue weighted by atomic mass is 16.5. The van der Waals surface area contributed by atoms with Gasteiger partial charge in [0.2, 0.25) is 5.78 Å². The number of carbonyl (C=O) groups is 4. The Morgan fingerprint density at radius 3 is 1.86 bits per heavy atom. The molecule has 7 heteroatoms. The standard InChI is InChI=1S/C15H25NO6/c1-10(2)14(19)21-8-5-6-12(17)13(18)16-7-9-22-15(20)11(3)4/h10-11H,5-9H2,1-4H3,(H,16,18). The van der Waals surface area contributed by atoms with Crippen molar-refractivity contribution in [3.8, 4) is 0 Å². The highest BCUT2D eigenvalue weighted by Crippen LogP contribution is 1.99. The Kier molecular flexibility index (Phi) is 9.82. The van der Waals surface area contributed by atoms with Crippen LogP contribution in [0.2, 0.25) is 0 Å².